The van der Waals surface area contributed by atoms with Gasteiger partial charge in [-0.15, -0.1) is 21.5 Å². The van der Waals surface area contributed by atoms with E-state index in [0.717, 1.165) is 41.0 Å². The highest BCUT2D eigenvalue weighted by atomic mass is 35.5. The van der Waals surface area contributed by atoms with Gasteiger partial charge in [-0.2, -0.15) is 0 Å². The molecule has 0 saturated heterocycles. The average Bonchev–Trinajstić information content (AvgIpc) is 3.36. The largest absolute Gasteiger partial charge is 0.485 e. The van der Waals surface area contributed by atoms with Gasteiger partial charge in [0.2, 0.25) is 5.91 Å². The summed E-state index contributed by atoms with van der Waals surface area (Å²) in [5.74, 6) is 1.37. The number of thiophene rings is 1. The fourth-order valence-corrected chi connectivity index (χ4v) is 6.64. The van der Waals surface area contributed by atoms with Crippen molar-refractivity contribution in [1.29, 1.82) is 0 Å². The van der Waals surface area contributed by atoms with Crippen molar-refractivity contribution in [1.82, 2.24) is 14.8 Å². The van der Waals surface area contributed by atoms with Crippen LogP contribution in [0.25, 0.3) is 0 Å². The highest BCUT2D eigenvalue weighted by Gasteiger charge is 2.27. The lowest BCUT2D eigenvalue weighted by atomic mass is 9.88. The van der Waals surface area contributed by atoms with Crippen molar-refractivity contribution in [2.24, 2.45) is 11.7 Å². The van der Waals surface area contributed by atoms with Gasteiger partial charge < -0.3 is 20.4 Å². The third-order valence-corrected chi connectivity index (χ3v) is 8.32. The summed E-state index contributed by atoms with van der Waals surface area (Å²) in [5.41, 5.74) is 8.05. The standard InChI is InChI=1S/C24H28ClN5O3S2/c1-4-30-19(11-33-17-8-6-15(25)10-14(17)3)28-29-24(30)34-12-20(31)27-23-21(22(26)32)16-7-5-13(2)9-18(16)35-23/h6,8,10,13H,4-5,7,9,11-12H2,1-3H3,(H2,26,32)(H,27,31). The summed E-state index contributed by atoms with van der Waals surface area (Å²) in [4.78, 5) is 26.0. The fourth-order valence-electron chi connectivity index (χ4n) is 4.16. The molecule has 0 fully saturated rings. The summed E-state index contributed by atoms with van der Waals surface area (Å²) in [6, 6.07) is 5.45. The van der Waals surface area contributed by atoms with Crippen molar-refractivity contribution < 1.29 is 14.3 Å². The van der Waals surface area contributed by atoms with E-state index < -0.39 is 5.91 Å². The van der Waals surface area contributed by atoms with E-state index in [0.29, 0.717) is 39.0 Å². The van der Waals surface area contributed by atoms with Gasteiger partial charge in [-0.25, -0.2) is 0 Å². The van der Waals surface area contributed by atoms with Gasteiger partial charge in [-0.3, -0.25) is 9.59 Å². The van der Waals surface area contributed by atoms with Crippen LogP contribution < -0.4 is 15.8 Å². The average molecular weight is 534 g/mol. The predicted molar refractivity (Wildman–Crippen MR) is 140 cm³/mol. The molecule has 0 aliphatic heterocycles. The lowest BCUT2D eigenvalue weighted by Gasteiger charge is -2.18. The first kappa shape index (κ1) is 25.5. The van der Waals surface area contributed by atoms with E-state index in [4.69, 9.17) is 22.1 Å². The second-order valence-electron chi connectivity index (χ2n) is 8.60. The Hall–Kier alpha value is -2.56. The summed E-state index contributed by atoms with van der Waals surface area (Å²) < 4.78 is 7.83. The predicted octanol–water partition coefficient (Wildman–Crippen LogP) is 4.85. The number of nitrogens with two attached hydrogens (primary N) is 1. The number of ether oxygens (including phenoxy) is 1. The first-order valence-electron chi connectivity index (χ1n) is 11.4. The number of aryl methyl sites for hydroxylation is 1. The lowest BCUT2D eigenvalue weighted by Crippen LogP contribution is -2.20. The molecule has 186 valence electrons. The number of hydrogen-bond donors (Lipinski definition) is 2. The first-order chi connectivity index (χ1) is 16.8. The molecule has 2 heterocycles. The number of rotatable bonds is 9. The zero-order valence-electron chi connectivity index (χ0n) is 19.9. The maximum absolute atomic E-state index is 12.7. The highest BCUT2D eigenvalue weighted by Crippen LogP contribution is 2.39. The van der Waals surface area contributed by atoms with E-state index in [1.807, 2.05) is 30.5 Å². The zero-order valence-corrected chi connectivity index (χ0v) is 22.3. The lowest BCUT2D eigenvalue weighted by molar-refractivity contribution is -0.113. The molecule has 0 radical (unpaired) electrons. The van der Waals surface area contributed by atoms with Gasteiger partial charge in [0.1, 0.15) is 17.4 Å². The van der Waals surface area contributed by atoms with Crippen molar-refractivity contribution in [2.45, 2.75) is 58.3 Å². The summed E-state index contributed by atoms with van der Waals surface area (Å²) in [7, 11) is 0. The van der Waals surface area contributed by atoms with E-state index in [9.17, 15) is 9.59 Å². The molecule has 1 atom stereocenters. The number of primary amides is 1. The Labute approximate surface area is 217 Å². The fraction of sp³-hybridized carbons (Fsp3) is 0.417. The number of nitrogens with one attached hydrogen (secondary N) is 1. The third kappa shape index (κ3) is 5.82. The smallest absolute Gasteiger partial charge is 0.251 e. The van der Waals surface area contributed by atoms with Crippen molar-refractivity contribution in [3.05, 3.63) is 50.6 Å². The SMILES string of the molecule is CCn1c(COc2ccc(Cl)cc2C)nnc1SCC(=O)Nc1sc2c(c1C(N)=O)CCC(C)C2. The summed E-state index contributed by atoms with van der Waals surface area (Å²) in [5, 5.41) is 13.2. The van der Waals surface area contributed by atoms with Crippen LogP contribution in [0.3, 0.4) is 0 Å². The van der Waals surface area contributed by atoms with E-state index in [2.05, 4.69) is 22.4 Å². The Kier molecular flexibility index (Phi) is 8.03. The molecule has 4 rings (SSSR count). The zero-order chi connectivity index (χ0) is 25.1. The molecular weight excluding hydrogens is 506 g/mol. The van der Waals surface area contributed by atoms with E-state index in [-0.39, 0.29) is 18.3 Å². The van der Waals surface area contributed by atoms with Crippen LogP contribution >= 0.6 is 34.7 Å². The molecule has 8 nitrogen and oxygen atoms in total. The van der Waals surface area contributed by atoms with Crippen molar-refractivity contribution >= 4 is 51.5 Å². The van der Waals surface area contributed by atoms with Gasteiger partial charge in [0, 0.05) is 16.4 Å². The summed E-state index contributed by atoms with van der Waals surface area (Å²) in [6.45, 7) is 7.00. The summed E-state index contributed by atoms with van der Waals surface area (Å²) in [6.07, 6.45) is 2.74. The third-order valence-electron chi connectivity index (χ3n) is 5.95. The maximum Gasteiger partial charge on any atom is 0.251 e. The quantitative estimate of drug-likeness (QED) is 0.380. The summed E-state index contributed by atoms with van der Waals surface area (Å²) >= 11 is 8.76. The Morgan fingerprint density at radius 2 is 2.17 bits per heavy atom. The minimum atomic E-state index is -0.494. The molecule has 1 unspecified atom stereocenters. The van der Waals surface area contributed by atoms with Crippen LogP contribution in [0, 0.1) is 12.8 Å². The van der Waals surface area contributed by atoms with E-state index in [1.165, 1.54) is 23.1 Å². The number of thioether (sulfide) groups is 1. The molecule has 1 aliphatic rings. The molecule has 0 spiro atoms. The van der Waals surface area contributed by atoms with Crippen molar-refractivity contribution in [3.63, 3.8) is 0 Å². The van der Waals surface area contributed by atoms with E-state index >= 15 is 0 Å². The van der Waals surface area contributed by atoms with Crippen LogP contribution in [-0.2, 0) is 30.8 Å². The number of hydrogen-bond acceptors (Lipinski definition) is 7. The second kappa shape index (κ2) is 11.0. The van der Waals surface area contributed by atoms with Crippen LogP contribution in [0.15, 0.2) is 23.4 Å². The minimum Gasteiger partial charge on any atom is -0.485 e. The number of carbonyl (C=O) groups excluding carboxylic acids is 2. The molecule has 11 heteroatoms. The molecule has 35 heavy (non-hydrogen) atoms. The molecular formula is C24H28ClN5O3S2. The van der Waals surface area contributed by atoms with Gasteiger partial charge in [-0.05, 0) is 68.4 Å². The van der Waals surface area contributed by atoms with Gasteiger partial charge >= 0.3 is 0 Å². The van der Waals surface area contributed by atoms with E-state index in [1.54, 1.807) is 6.07 Å². The van der Waals surface area contributed by atoms with Crippen LogP contribution in [0.1, 0.15) is 52.5 Å². The number of halogens is 1. The van der Waals surface area contributed by atoms with Crippen LogP contribution in [0.4, 0.5) is 5.00 Å². The van der Waals surface area contributed by atoms with Gasteiger partial charge in [0.25, 0.3) is 5.91 Å². The van der Waals surface area contributed by atoms with Gasteiger partial charge in [0.15, 0.2) is 11.0 Å². The Bertz CT molecular complexity index is 1260. The Balaban J connectivity index is 1.40. The minimum absolute atomic E-state index is 0.131. The number of carbonyl (C=O) groups is 2. The molecule has 3 aromatic rings. The van der Waals surface area contributed by atoms with Gasteiger partial charge in [0.05, 0.1) is 11.3 Å². The number of benzene rings is 1. The maximum atomic E-state index is 12.7. The van der Waals surface area contributed by atoms with Gasteiger partial charge in [-0.1, -0.05) is 30.3 Å². The first-order valence-corrected chi connectivity index (χ1v) is 13.6. The molecule has 2 amide bonds. The number of amides is 2. The highest BCUT2D eigenvalue weighted by molar-refractivity contribution is 7.99. The molecule has 1 aliphatic carbocycles. The van der Waals surface area contributed by atoms with Crippen molar-refractivity contribution in [3.8, 4) is 5.75 Å². The molecule has 2 aromatic heterocycles. The normalized spacial score (nSPS) is 15.0. The molecule has 3 N–H and O–H groups in total. The number of anilines is 1. The Morgan fingerprint density at radius 1 is 1.37 bits per heavy atom. The molecule has 0 saturated carbocycles. The number of fused-ring (bicyclic) bond motifs is 1. The van der Waals surface area contributed by atoms with Crippen LogP contribution in [-0.4, -0.2) is 32.3 Å². The van der Waals surface area contributed by atoms with Crippen molar-refractivity contribution in [2.75, 3.05) is 11.1 Å². The van der Waals surface area contributed by atoms with Crippen LogP contribution in [0.5, 0.6) is 5.75 Å². The number of nitrogens with zero attached hydrogens (tertiary/aromatic N) is 3. The Morgan fingerprint density at radius 3 is 2.89 bits per heavy atom. The monoisotopic (exact) mass is 533 g/mol. The number of aromatic nitrogens is 3. The topological polar surface area (TPSA) is 112 Å². The van der Waals surface area contributed by atoms with Crippen LogP contribution in [0.2, 0.25) is 5.02 Å². The molecule has 1 aromatic carbocycles. The second-order valence-corrected chi connectivity index (χ2v) is 11.1. The molecule has 0 bridgehead atoms.